The zero-order valence-corrected chi connectivity index (χ0v) is 9.91. The highest BCUT2D eigenvalue weighted by molar-refractivity contribution is 9.10. The molecule has 1 rings (SSSR count). The lowest BCUT2D eigenvalue weighted by Crippen LogP contribution is -2.35. The molecule has 1 atom stereocenters. The molecule has 0 aliphatic carbocycles. The third-order valence-corrected chi connectivity index (χ3v) is 2.81. The third kappa shape index (κ3) is 2.94. The second-order valence-electron chi connectivity index (χ2n) is 3.27. The Morgan fingerprint density at radius 3 is 2.93 bits per heavy atom. The van der Waals surface area contributed by atoms with E-state index >= 15 is 0 Å². The Hall–Kier alpha value is -1.07. The molecule has 15 heavy (non-hydrogen) atoms. The minimum atomic E-state index is -0.272. The van der Waals surface area contributed by atoms with Crippen LogP contribution in [0.3, 0.4) is 0 Å². The van der Waals surface area contributed by atoms with Crippen LogP contribution in [0.25, 0.3) is 0 Å². The molecule has 1 aromatic rings. The molecule has 0 radical (unpaired) electrons. The average molecular weight is 273 g/mol. The van der Waals surface area contributed by atoms with Gasteiger partial charge in [0, 0.05) is 11.7 Å². The molecule has 0 saturated heterocycles. The van der Waals surface area contributed by atoms with Gasteiger partial charge < -0.3 is 16.2 Å². The molecular weight excluding hydrogens is 260 g/mol. The maximum absolute atomic E-state index is 11.7. The fraction of sp³-hybridized carbons (Fsp3) is 0.300. The number of carbonyl (C=O) groups is 1. The Morgan fingerprint density at radius 1 is 1.67 bits per heavy atom. The molecule has 4 N–H and O–H groups in total. The smallest absolute Gasteiger partial charge is 0.252 e. The van der Waals surface area contributed by atoms with E-state index in [9.17, 15) is 4.79 Å². The Morgan fingerprint density at radius 2 is 2.33 bits per heavy atom. The van der Waals surface area contributed by atoms with Gasteiger partial charge in [-0.25, -0.2) is 0 Å². The molecule has 1 amide bonds. The summed E-state index contributed by atoms with van der Waals surface area (Å²) >= 11 is 3.24. The Labute approximate surface area is 96.6 Å². The van der Waals surface area contributed by atoms with Crippen molar-refractivity contribution < 1.29 is 9.90 Å². The number of aliphatic hydroxyl groups excluding tert-OH is 1. The molecule has 5 heteroatoms. The highest BCUT2D eigenvalue weighted by Gasteiger charge is 2.13. The van der Waals surface area contributed by atoms with Crippen molar-refractivity contribution in [1.29, 1.82) is 0 Å². The normalized spacial score (nSPS) is 12.2. The fourth-order valence-electron chi connectivity index (χ4n) is 1.07. The summed E-state index contributed by atoms with van der Waals surface area (Å²) in [5.74, 6) is -0.254. The molecule has 0 aromatic heterocycles. The van der Waals surface area contributed by atoms with E-state index in [1.165, 1.54) is 0 Å². The molecule has 82 valence electrons. The van der Waals surface area contributed by atoms with Crippen molar-refractivity contribution in [2.75, 3.05) is 12.3 Å². The number of hydrogen-bond acceptors (Lipinski definition) is 3. The predicted molar refractivity (Wildman–Crippen MR) is 62.6 cm³/mol. The van der Waals surface area contributed by atoms with Crippen LogP contribution in [-0.4, -0.2) is 23.7 Å². The van der Waals surface area contributed by atoms with Crippen LogP contribution in [-0.2, 0) is 0 Å². The average Bonchev–Trinajstić information content (AvgIpc) is 2.21. The molecule has 1 aromatic carbocycles. The third-order valence-electron chi connectivity index (χ3n) is 1.92. The van der Waals surface area contributed by atoms with Gasteiger partial charge in [0.05, 0.1) is 16.6 Å². The molecule has 0 bridgehead atoms. The number of carbonyl (C=O) groups excluding carboxylic acids is 1. The molecule has 4 nitrogen and oxygen atoms in total. The van der Waals surface area contributed by atoms with E-state index in [4.69, 9.17) is 10.8 Å². The van der Waals surface area contributed by atoms with Crippen LogP contribution >= 0.6 is 15.9 Å². The van der Waals surface area contributed by atoms with Crippen LogP contribution in [0.15, 0.2) is 22.7 Å². The first-order valence-corrected chi connectivity index (χ1v) is 5.31. The number of nitrogens with two attached hydrogens (primary N) is 1. The quantitative estimate of drug-likeness (QED) is 0.723. The van der Waals surface area contributed by atoms with Crippen LogP contribution in [0.5, 0.6) is 0 Å². The SMILES string of the molecule is CC(CO)NC(=O)c1cccc(N)c1Br. The maximum Gasteiger partial charge on any atom is 0.252 e. The number of nitrogen functional groups attached to an aromatic ring is 1. The number of amides is 1. The molecule has 0 aliphatic rings. The van der Waals surface area contributed by atoms with E-state index in [1.807, 2.05) is 0 Å². The van der Waals surface area contributed by atoms with Gasteiger partial charge in [0.15, 0.2) is 0 Å². The lowest BCUT2D eigenvalue weighted by molar-refractivity contribution is 0.0921. The monoisotopic (exact) mass is 272 g/mol. The number of nitrogens with one attached hydrogen (secondary N) is 1. The second kappa shape index (κ2) is 5.14. The molecular formula is C10H13BrN2O2. The summed E-state index contributed by atoms with van der Waals surface area (Å²) in [5, 5.41) is 11.4. The van der Waals surface area contributed by atoms with Crippen LogP contribution in [0.1, 0.15) is 17.3 Å². The maximum atomic E-state index is 11.7. The topological polar surface area (TPSA) is 75.3 Å². The van der Waals surface area contributed by atoms with Gasteiger partial charge >= 0.3 is 0 Å². The molecule has 0 spiro atoms. The number of rotatable bonds is 3. The van der Waals surface area contributed by atoms with Gasteiger partial charge in [0.1, 0.15) is 0 Å². The lowest BCUT2D eigenvalue weighted by Gasteiger charge is -2.12. The number of benzene rings is 1. The van der Waals surface area contributed by atoms with Crippen molar-refractivity contribution in [2.45, 2.75) is 13.0 Å². The van der Waals surface area contributed by atoms with Crippen LogP contribution in [0.4, 0.5) is 5.69 Å². The Kier molecular flexibility index (Phi) is 4.11. The summed E-state index contributed by atoms with van der Waals surface area (Å²) < 4.78 is 0.577. The van der Waals surface area contributed by atoms with Gasteiger partial charge in [-0.15, -0.1) is 0 Å². The first-order chi connectivity index (χ1) is 7.06. The van der Waals surface area contributed by atoms with E-state index in [0.717, 1.165) is 0 Å². The molecule has 0 heterocycles. The van der Waals surface area contributed by atoms with Crippen LogP contribution in [0, 0.1) is 0 Å². The van der Waals surface area contributed by atoms with Gasteiger partial charge in [-0.2, -0.15) is 0 Å². The van der Waals surface area contributed by atoms with Gasteiger partial charge in [-0.1, -0.05) is 6.07 Å². The van der Waals surface area contributed by atoms with Crippen molar-refractivity contribution in [3.05, 3.63) is 28.2 Å². The van der Waals surface area contributed by atoms with Gasteiger partial charge in [0.2, 0.25) is 0 Å². The highest BCUT2D eigenvalue weighted by atomic mass is 79.9. The van der Waals surface area contributed by atoms with Gasteiger partial charge in [-0.3, -0.25) is 4.79 Å². The summed E-state index contributed by atoms with van der Waals surface area (Å²) in [6, 6.07) is 4.81. The minimum Gasteiger partial charge on any atom is -0.398 e. The van der Waals surface area contributed by atoms with E-state index in [-0.39, 0.29) is 18.6 Å². The number of anilines is 1. The van der Waals surface area contributed by atoms with E-state index in [2.05, 4.69) is 21.2 Å². The molecule has 0 fully saturated rings. The molecule has 0 aliphatic heterocycles. The summed E-state index contributed by atoms with van der Waals surface area (Å²) in [4.78, 5) is 11.7. The van der Waals surface area contributed by atoms with Crippen molar-refractivity contribution >= 4 is 27.5 Å². The summed E-state index contributed by atoms with van der Waals surface area (Å²) in [5.41, 5.74) is 6.63. The van der Waals surface area contributed by atoms with Crippen molar-refractivity contribution in [3.63, 3.8) is 0 Å². The predicted octanol–water partition coefficient (Wildman–Crippen LogP) is 1.14. The number of aliphatic hydroxyl groups is 1. The van der Waals surface area contributed by atoms with Crippen molar-refractivity contribution in [3.8, 4) is 0 Å². The standard InChI is InChI=1S/C10H13BrN2O2/c1-6(5-14)13-10(15)7-3-2-4-8(12)9(7)11/h2-4,6,14H,5,12H2,1H3,(H,13,15). The number of hydrogen-bond donors (Lipinski definition) is 3. The molecule has 0 saturated carbocycles. The largest absolute Gasteiger partial charge is 0.398 e. The van der Waals surface area contributed by atoms with E-state index in [1.54, 1.807) is 25.1 Å². The Bertz CT molecular complexity index is 368. The van der Waals surface area contributed by atoms with Crippen molar-refractivity contribution in [1.82, 2.24) is 5.32 Å². The first-order valence-electron chi connectivity index (χ1n) is 4.52. The van der Waals surface area contributed by atoms with Crippen molar-refractivity contribution in [2.24, 2.45) is 0 Å². The number of halogens is 1. The zero-order chi connectivity index (χ0) is 11.4. The van der Waals surface area contributed by atoms with Gasteiger partial charge in [-0.05, 0) is 35.0 Å². The summed E-state index contributed by atoms with van der Waals surface area (Å²) in [6.07, 6.45) is 0. The summed E-state index contributed by atoms with van der Waals surface area (Å²) in [7, 11) is 0. The van der Waals surface area contributed by atoms with E-state index < -0.39 is 0 Å². The molecule has 1 unspecified atom stereocenters. The lowest BCUT2D eigenvalue weighted by atomic mass is 10.2. The minimum absolute atomic E-state index is 0.0916. The zero-order valence-electron chi connectivity index (χ0n) is 8.33. The second-order valence-corrected chi connectivity index (χ2v) is 4.06. The van der Waals surface area contributed by atoms with Gasteiger partial charge in [0.25, 0.3) is 5.91 Å². The summed E-state index contributed by atoms with van der Waals surface area (Å²) in [6.45, 7) is 1.63. The van der Waals surface area contributed by atoms with Crippen LogP contribution in [0.2, 0.25) is 0 Å². The van der Waals surface area contributed by atoms with Crippen LogP contribution < -0.4 is 11.1 Å². The first kappa shape index (κ1) is 12.0. The van der Waals surface area contributed by atoms with E-state index in [0.29, 0.717) is 15.7 Å². The Balaban J connectivity index is 2.87. The fourth-order valence-corrected chi connectivity index (χ4v) is 1.52. The highest BCUT2D eigenvalue weighted by Crippen LogP contribution is 2.23.